The maximum atomic E-state index is 13.2. The first-order valence-corrected chi connectivity index (χ1v) is 9.25. The number of benzene rings is 1. The van der Waals surface area contributed by atoms with Gasteiger partial charge in [0.25, 0.3) is 0 Å². The minimum atomic E-state index is -0.430. The van der Waals surface area contributed by atoms with Gasteiger partial charge in [-0.3, -0.25) is 4.79 Å². The number of halogens is 1. The van der Waals surface area contributed by atoms with Crippen LogP contribution in [-0.4, -0.2) is 36.0 Å². The third-order valence-corrected chi connectivity index (χ3v) is 6.22. The summed E-state index contributed by atoms with van der Waals surface area (Å²) >= 11 is 0. The van der Waals surface area contributed by atoms with Gasteiger partial charge in [-0.2, -0.15) is 0 Å². The normalized spacial score (nSPS) is 33.7. The van der Waals surface area contributed by atoms with Crippen molar-refractivity contribution in [2.45, 2.75) is 56.5 Å². The Bertz CT molecular complexity index is 674. The van der Waals surface area contributed by atoms with Crippen molar-refractivity contribution in [2.75, 3.05) is 7.11 Å². The summed E-state index contributed by atoms with van der Waals surface area (Å²) in [5, 5.41) is 0. The van der Waals surface area contributed by atoms with E-state index in [1.165, 1.54) is 25.7 Å². The summed E-state index contributed by atoms with van der Waals surface area (Å²) in [6, 6.07) is 6.16. The van der Waals surface area contributed by atoms with Gasteiger partial charge in [0, 0.05) is 12.0 Å². The lowest BCUT2D eigenvalue weighted by Gasteiger charge is -2.33. The molecule has 3 aliphatic rings. The number of amides is 1. The largest absolute Gasteiger partial charge is 0.467 e. The van der Waals surface area contributed by atoms with Crippen LogP contribution in [0.2, 0.25) is 0 Å². The molecule has 2 saturated carbocycles. The van der Waals surface area contributed by atoms with Gasteiger partial charge in [-0.25, -0.2) is 9.18 Å². The number of methoxy groups -OCH3 is 1. The molecule has 5 atom stereocenters. The highest BCUT2D eigenvalue weighted by Crippen LogP contribution is 2.51. The molecule has 1 aromatic rings. The predicted octanol–water partition coefficient (Wildman–Crippen LogP) is 3.26. The maximum Gasteiger partial charge on any atom is 0.328 e. The molecule has 2 aliphatic carbocycles. The van der Waals surface area contributed by atoms with Crippen LogP contribution >= 0.6 is 0 Å². The van der Waals surface area contributed by atoms with E-state index >= 15 is 0 Å². The number of hydrogen-bond acceptors (Lipinski definition) is 3. The fraction of sp³-hybridized carbons (Fsp3) is 0.600. The molecule has 1 aliphatic heterocycles. The van der Waals surface area contributed by atoms with Crippen molar-refractivity contribution in [3.63, 3.8) is 0 Å². The Morgan fingerprint density at radius 2 is 1.84 bits per heavy atom. The highest BCUT2D eigenvalue weighted by atomic mass is 19.1. The van der Waals surface area contributed by atoms with Crippen molar-refractivity contribution in [1.29, 1.82) is 0 Å². The van der Waals surface area contributed by atoms with E-state index in [4.69, 9.17) is 4.74 Å². The minimum Gasteiger partial charge on any atom is -0.467 e. The number of rotatable bonds is 3. The number of carbonyl (C=O) groups excluding carboxylic acids is 2. The minimum absolute atomic E-state index is 0.0825. The van der Waals surface area contributed by atoms with Crippen LogP contribution in [0.25, 0.3) is 0 Å². The second kappa shape index (κ2) is 6.43. The summed E-state index contributed by atoms with van der Waals surface area (Å²) in [7, 11) is 1.39. The Balaban J connectivity index is 1.53. The van der Waals surface area contributed by atoms with Crippen molar-refractivity contribution >= 4 is 11.9 Å². The highest BCUT2D eigenvalue weighted by Gasteiger charge is 2.54. The van der Waals surface area contributed by atoms with E-state index in [1.807, 2.05) is 4.90 Å². The van der Waals surface area contributed by atoms with Gasteiger partial charge in [-0.05, 0) is 55.2 Å². The Kier molecular flexibility index (Phi) is 4.26. The van der Waals surface area contributed by atoms with Crippen molar-refractivity contribution in [3.05, 3.63) is 35.6 Å². The smallest absolute Gasteiger partial charge is 0.328 e. The number of ether oxygens (including phenoxy) is 1. The standard InChI is InChI=1S/C20H24FNO3/c1-25-20(24)18-10-13-4-2-3-5-17(13)22(18)19(23)16-11-15(16)12-6-8-14(21)9-7-12/h6-9,13,15-18H,2-5,10-11H2,1H3/t13-,15-,16+,17-,18-/m0/s1. The van der Waals surface area contributed by atoms with Crippen LogP contribution in [0.4, 0.5) is 4.39 Å². The lowest BCUT2D eigenvalue weighted by Crippen LogP contribution is -2.47. The molecule has 1 amide bonds. The van der Waals surface area contributed by atoms with E-state index < -0.39 is 6.04 Å². The van der Waals surface area contributed by atoms with Crippen molar-refractivity contribution in [3.8, 4) is 0 Å². The monoisotopic (exact) mass is 345 g/mol. The number of hydrogen-bond donors (Lipinski definition) is 0. The zero-order valence-corrected chi connectivity index (χ0v) is 14.5. The Morgan fingerprint density at radius 3 is 2.56 bits per heavy atom. The number of likely N-dealkylation sites (tertiary alicyclic amines) is 1. The van der Waals surface area contributed by atoms with E-state index in [9.17, 15) is 14.0 Å². The average molecular weight is 345 g/mol. The molecule has 25 heavy (non-hydrogen) atoms. The summed E-state index contributed by atoms with van der Waals surface area (Å²) in [5.41, 5.74) is 1.01. The van der Waals surface area contributed by atoms with Gasteiger partial charge in [0.2, 0.25) is 5.91 Å². The number of esters is 1. The number of fused-ring (bicyclic) bond motifs is 1. The predicted molar refractivity (Wildman–Crippen MR) is 90.3 cm³/mol. The first kappa shape index (κ1) is 16.6. The third-order valence-electron chi connectivity index (χ3n) is 6.22. The quantitative estimate of drug-likeness (QED) is 0.790. The molecule has 4 rings (SSSR count). The SMILES string of the molecule is COC(=O)[C@@H]1C[C@@H]2CCCC[C@@H]2N1C(=O)[C@@H]1C[C@H]1c1ccc(F)cc1. The van der Waals surface area contributed by atoms with Crippen molar-refractivity contribution < 1.29 is 18.7 Å². The molecular weight excluding hydrogens is 321 g/mol. The van der Waals surface area contributed by atoms with Crippen LogP contribution in [0.15, 0.2) is 24.3 Å². The van der Waals surface area contributed by atoms with Gasteiger partial charge in [0.1, 0.15) is 11.9 Å². The van der Waals surface area contributed by atoms with Crippen LogP contribution < -0.4 is 0 Å². The van der Waals surface area contributed by atoms with Crippen LogP contribution in [0, 0.1) is 17.7 Å². The molecule has 0 aromatic heterocycles. The first-order chi connectivity index (χ1) is 12.1. The third kappa shape index (κ3) is 2.94. The molecule has 0 spiro atoms. The Labute approximate surface area is 147 Å². The molecule has 0 N–H and O–H groups in total. The van der Waals surface area contributed by atoms with E-state index in [0.717, 1.165) is 37.7 Å². The van der Waals surface area contributed by atoms with Crippen molar-refractivity contribution in [1.82, 2.24) is 4.90 Å². The summed E-state index contributed by atoms with van der Waals surface area (Å²) in [4.78, 5) is 27.3. The molecule has 1 saturated heterocycles. The van der Waals surface area contributed by atoms with E-state index in [0.29, 0.717) is 5.92 Å². The van der Waals surface area contributed by atoms with Gasteiger partial charge in [0.15, 0.2) is 0 Å². The lowest BCUT2D eigenvalue weighted by molar-refractivity contribution is -0.153. The van der Waals surface area contributed by atoms with Crippen LogP contribution in [0.1, 0.15) is 50.0 Å². The molecular formula is C20H24FNO3. The Hall–Kier alpha value is -1.91. The fourth-order valence-electron chi connectivity index (χ4n) is 4.86. The van der Waals surface area contributed by atoms with E-state index in [-0.39, 0.29) is 35.6 Å². The molecule has 4 nitrogen and oxygen atoms in total. The number of carbonyl (C=O) groups is 2. The molecule has 0 bridgehead atoms. The Morgan fingerprint density at radius 1 is 1.12 bits per heavy atom. The lowest BCUT2D eigenvalue weighted by atomic mass is 9.84. The summed E-state index contributed by atoms with van der Waals surface area (Å²) in [6.45, 7) is 0. The maximum absolute atomic E-state index is 13.2. The second-order valence-corrected chi connectivity index (χ2v) is 7.63. The molecule has 1 aromatic carbocycles. The molecule has 0 unspecified atom stereocenters. The number of nitrogens with zero attached hydrogens (tertiary/aromatic N) is 1. The van der Waals surface area contributed by atoms with Crippen LogP contribution in [-0.2, 0) is 14.3 Å². The van der Waals surface area contributed by atoms with Crippen molar-refractivity contribution in [2.24, 2.45) is 11.8 Å². The van der Waals surface area contributed by atoms with Gasteiger partial charge in [-0.1, -0.05) is 25.0 Å². The first-order valence-electron chi connectivity index (χ1n) is 9.25. The topological polar surface area (TPSA) is 46.6 Å². The van der Waals surface area contributed by atoms with Gasteiger partial charge in [-0.15, -0.1) is 0 Å². The summed E-state index contributed by atoms with van der Waals surface area (Å²) < 4.78 is 18.1. The second-order valence-electron chi connectivity index (χ2n) is 7.63. The summed E-state index contributed by atoms with van der Waals surface area (Å²) in [5.74, 6) is 0.0145. The highest BCUT2D eigenvalue weighted by molar-refractivity contribution is 5.89. The van der Waals surface area contributed by atoms with Crippen LogP contribution in [0.5, 0.6) is 0 Å². The van der Waals surface area contributed by atoms with Crippen LogP contribution in [0.3, 0.4) is 0 Å². The van der Waals surface area contributed by atoms with Gasteiger partial charge in [0.05, 0.1) is 7.11 Å². The molecule has 3 fully saturated rings. The average Bonchev–Trinajstić information content (AvgIpc) is 3.34. The summed E-state index contributed by atoms with van der Waals surface area (Å²) in [6.07, 6.45) is 5.89. The molecule has 0 radical (unpaired) electrons. The zero-order valence-electron chi connectivity index (χ0n) is 14.5. The van der Waals surface area contributed by atoms with E-state index in [1.54, 1.807) is 12.1 Å². The molecule has 5 heteroatoms. The van der Waals surface area contributed by atoms with E-state index in [2.05, 4.69) is 0 Å². The zero-order chi connectivity index (χ0) is 17.6. The van der Waals surface area contributed by atoms with Gasteiger partial charge >= 0.3 is 5.97 Å². The molecule has 134 valence electrons. The van der Waals surface area contributed by atoms with Gasteiger partial charge < -0.3 is 9.64 Å². The molecule has 1 heterocycles. The fourth-order valence-corrected chi connectivity index (χ4v) is 4.86.